The van der Waals surface area contributed by atoms with Crippen molar-refractivity contribution in [3.05, 3.63) is 40.6 Å². The van der Waals surface area contributed by atoms with Crippen molar-refractivity contribution in [3.8, 4) is 0 Å². The number of benzene rings is 1. The standard InChI is InChI=1S/C18H16F4N4O4/c19-12-7-9(6-10(14(12)20)15(21)22)23-17(27)25-4-2-13-11(8-25)16(30-24-13)26-3-1-5-29-18(26)28/h6-7,15H,1-5,8H2,(H,23,27). The average Bonchev–Trinajstić information content (AvgIpc) is 3.13. The van der Waals surface area contributed by atoms with Gasteiger partial charge >= 0.3 is 12.1 Å². The summed E-state index contributed by atoms with van der Waals surface area (Å²) in [5.74, 6) is -2.97. The number of cyclic esters (lactones) is 1. The lowest BCUT2D eigenvalue weighted by atomic mass is 10.1. The van der Waals surface area contributed by atoms with Crippen molar-refractivity contribution in [1.82, 2.24) is 10.1 Å². The molecule has 4 rings (SSSR count). The third-order valence-electron chi connectivity index (χ3n) is 4.86. The van der Waals surface area contributed by atoms with E-state index in [0.29, 0.717) is 49.4 Å². The monoisotopic (exact) mass is 428 g/mol. The fourth-order valence-electron chi connectivity index (χ4n) is 3.36. The summed E-state index contributed by atoms with van der Waals surface area (Å²) in [7, 11) is 0. The zero-order valence-electron chi connectivity index (χ0n) is 15.5. The number of hydrogen-bond donors (Lipinski definition) is 1. The first-order valence-electron chi connectivity index (χ1n) is 9.10. The van der Waals surface area contributed by atoms with Crippen LogP contribution in [-0.4, -0.2) is 41.9 Å². The van der Waals surface area contributed by atoms with Gasteiger partial charge in [-0.2, -0.15) is 0 Å². The molecule has 0 spiro atoms. The van der Waals surface area contributed by atoms with Crippen LogP contribution in [0.3, 0.4) is 0 Å². The Hall–Kier alpha value is -3.31. The van der Waals surface area contributed by atoms with Crippen LogP contribution in [0.1, 0.15) is 29.7 Å². The fraction of sp³-hybridized carbons (Fsp3) is 0.389. The first-order valence-corrected chi connectivity index (χ1v) is 9.10. The number of ether oxygens (including phenoxy) is 1. The number of hydrogen-bond acceptors (Lipinski definition) is 5. The SMILES string of the molecule is O=C(Nc1cc(F)c(F)c(C(F)F)c1)N1CCc2noc(N3CCCOC3=O)c2C1. The molecule has 1 N–H and O–H groups in total. The number of anilines is 2. The third-order valence-corrected chi connectivity index (χ3v) is 4.86. The summed E-state index contributed by atoms with van der Waals surface area (Å²) < 4.78 is 63.1. The molecular weight excluding hydrogens is 412 g/mol. The van der Waals surface area contributed by atoms with Gasteiger partial charge < -0.3 is 19.5 Å². The molecule has 2 aliphatic heterocycles. The van der Waals surface area contributed by atoms with Crippen molar-refractivity contribution in [2.75, 3.05) is 29.9 Å². The highest BCUT2D eigenvalue weighted by Gasteiger charge is 2.33. The maximum absolute atomic E-state index is 13.6. The number of aromatic nitrogens is 1. The molecule has 0 atom stereocenters. The molecule has 12 heteroatoms. The van der Waals surface area contributed by atoms with Gasteiger partial charge in [0.25, 0.3) is 6.43 Å². The Morgan fingerprint density at radius 1 is 1.23 bits per heavy atom. The zero-order chi connectivity index (χ0) is 21.4. The number of carbonyl (C=O) groups excluding carboxylic acids is 2. The van der Waals surface area contributed by atoms with Gasteiger partial charge in [0.2, 0.25) is 5.88 Å². The molecule has 1 saturated heterocycles. The summed E-state index contributed by atoms with van der Waals surface area (Å²) in [6.45, 7) is 0.919. The molecule has 8 nitrogen and oxygen atoms in total. The molecule has 1 aromatic carbocycles. The number of amides is 3. The zero-order valence-corrected chi connectivity index (χ0v) is 15.5. The van der Waals surface area contributed by atoms with E-state index in [1.807, 2.05) is 0 Å². The van der Waals surface area contributed by atoms with Crippen molar-refractivity contribution in [2.24, 2.45) is 0 Å². The van der Waals surface area contributed by atoms with Gasteiger partial charge in [0.15, 0.2) is 11.6 Å². The second-order valence-electron chi connectivity index (χ2n) is 6.80. The van der Waals surface area contributed by atoms with Crippen LogP contribution in [0.2, 0.25) is 0 Å². The lowest BCUT2D eigenvalue weighted by Gasteiger charge is -2.29. The number of fused-ring (bicyclic) bond motifs is 1. The van der Waals surface area contributed by atoms with Crippen molar-refractivity contribution in [2.45, 2.75) is 25.8 Å². The summed E-state index contributed by atoms with van der Waals surface area (Å²) in [5.41, 5.74) is -0.338. The highest BCUT2D eigenvalue weighted by atomic mass is 19.3. The van der Waals surface area contributed by atoms with Gasteiger partial charge in [-0.25, -0.2) is 32.1 Å². The lowest BCUT2D eigenvalue weighted by molar-refractivity contribution is 0.137. The Kier molecular flexibility index (Phi) is 5.22. The van der Waals surface area contributed by atoms with E-state index in [0.717, 1.165) is 0 Å². The molecular formula is C18H16F4N4O4. The normalized spacial score (nSPS) is 16.5. The van der Waals surface area contributed by atoms with Crippen molar-refractivity contribution in [1.29, 1.82) is 0 Å². The number of urea groups is 1. The first-order chi connectivity index (χ1) is 14.3. The molecule has 0 unspecified atom stereocenters. The van der Waals surface area contributed by atoms with Gasteiger partial charge in [0, 0.05) is 31.3 Å². The molecule has 1 fully saturated rings. The maximum atomic E-state index is 13.6. The number of alkyl halides is 2. The Morgan fingerprint density at radius 3 is 2.77 bits per heavy atom. The van der Waals surface area contributed by atoms with Gasteiger partial charge in [0.1, 0.15) is 0 Å². The molecule has 0 aliphatic carbocycles. The minimum atomic E-state index is -3.24. The Labute approximate surface area is 167 Å². The molecule has 3 heterocycles. The minimum Gasteiger partial charge on any atom is -0.449 e. The number of rotatable bonds is 3. The molecule has 30 heavy (non-hydrogen) atoms. The topological polar surface area (TPSA) is 87.9 Å². The highest BCUT2D eigenvalue weighted by Crippen LogP contribution is 2.32. The largest absolute Gasteiger partial charge is 0.449 e. The van der Waals surface area contributed by atoms with Gasteiger partial charge in [-0.1, -0.05) is 5.16 Å². The number of nitrogens with zero attached hydrogens (tertiary/aromatic N) is 3. The van der Waals surface area contributed by atoms with Gasteiger partial charge in [-0.15, -0.1) is 0 Å². The van der Waals surface area contributed by atoms with Crippen LogP contribution in [0.5, 0.6) is 0 Å². The summed E-state index contributed by atoms with van der Waals surface area (Å²) in [4.78, 5) is 27.2. The smallest absolute Gasteiger partial charge is 0.416 e. The van der Waals surface area contributed by atoms with Crippen LogP contribution in [0.4, 0.5) is 38.7 Å². The number of carbonyl (C=O) groups is 2. The second kappa shape index (κ2) is 7.84. The predicted octanol–water partition coefficient (Wildman–Crippen LogP) is 3.83. The van der Waals surface area contributed by atoms with E-state index in [4.69, 9.17) is 9.26 Å². The quantitative estimate of drug-likeness (QED) is 0.751. The van der Waals surface area contributed by atoms with Gasteiger partial charge in [-0.05, 0) is 12.5 Å². The predicted molar refractivity (Wildman–Crippen MR) is 94.3 cm³/mol. The minimum absolute atomic E-state index is 0.0230. The van der Waals surface area contributed by atoms with Crippen LogP contribution in [0, 0.1) is 11.6 Å². The molecule has 2 aliphatic rings. The summed E-state index contributed by atoms with van der Waals surface area (Å²) in [6.07, 6.45) is -2.88. The lowest BCUT2D eigenvalue weighted by Crippen LogP contribution is -2.41. The molecule has 2 aromatic rings. The van der Waals surface area contributed by atoms with Crippen LogP contribution in [-0.2, 0) is 17.7 Å². The van der Waals surface area contributed by atoms with Gasteiger partial charge in [-0.3, -0.25) is 0 Å². The van der Waals surface area contributed by atoms with Crippen molar-refractivity contribution >= 4 is 23.7 Å². The van der Waals surface area contributed by atoms with E-state index in [9.17, 15) is 27.2 Å². The first kappa shape index (κ1) is 20.0. The summed E-state index contributed by atoms with van der Waals surface area (Å²) >= 11 is 0. The fourth-order valence-corrected chi connectivity index (χ4v) is 3.36. The van der Waals surface area contributed by atoms with E-state index in [2.05, 4.69) is 10.5 Å². The number of nitrogens with one attached hydrogen (secondary N) is 1. The Morgan fingerprint density at radius 2 is 2.03 bits per heavy atom. The molecule has 3 amide bonds. The Balaban J connectivity index is 1.52. The Bertz CT molecular complexity index is 997. The average molecular weight is 428 g/mol. The van der Waals surface area contributed by atoms with Crippen LogP contribution in [0.15, 0.2) is 16.7 Å². The van der Waals surface area contributed by atoms with Crippen LogP contribution < -0.4 is 10.2 Å². The maximum Gasteiger partial charge on any atom is 0.416 e. The van der Waals surface area contributed by atoms with Crippen molar-refractivity contribution < 1.29 is 36.4 Å². The van der Waals surface area contributed by atoms with Gasteiger partial charge in [0.05, 0.1) is 30.0 Å². The molecule has 160 valence electrons. The number of halogens is 4. The molecule has 0 bridgehead atoms. The summed E-state index contributed by atoms with van der Waals surface area (Å²) in [5, 5.41) is 6.24. The van der Waals surface area contributed by atoms with Crippen LogP contribution >= 0.6 is 0 Å². The van der Waals surface area contributed by atoms with Crippen LogP contribution in [0.25, 0.3) is 0 Å². The van der Waals surface area contributed by atoms with E-state index >= 15 is 0 Å². The van der Waals surface area contributed by atoms with E-state index in [1.54, 1.807) is 0 Å². The molecule has 0 radical (unpaired) electrons. The molecule has 0 saturated carbocycles. The van der Waals surface area contributed by atoms with E-state index < -0.39 is 35.7 Å². The van der Waals surface area contributed by atoms with Crippen molar-refractivity contribution in [3.63, 3.8) is 0 Å². The van der Waals surface area contributed by atoms with E-state index in [-0.39, 0.29) is 24.7 Å². The molecule has 1 aromatic heterocycles. The third kappa shape index (κ3) is 3.64. The summed E-state index contributed by atoms with van der Waals surface area (Å²) in [6, 6.07) is 0.605. The van der Waals surface area contributed by atoms with E-state index in [1.165, 1.54) is 9.80 Å². The highest BCUT2D eigenvalue weighted by molar-refractivity contribution is 5.90. The second-order valence-corrected chi connectivity index (χ2v) is 6.80.